The third-order valence-corrected chi connectivity index (χ3v) is 6.99. The van der Waals surface area contributed by atoms with Crippen molar-refractivity contribution in [3.8, 4) is 0 Å². The molecule has 0 aromatic carbocycles. The summed E-state index contributed by atoms with van der Waals surface area (Å²) >= 11 is 0. The summed E-state index contributed by atoms with van der Waals surface area (Å²) in [5.41, 5.74) is 0. The maximum atomic E-state index is 12.3. The predicted molar refractivity (Wildman–Crippen MR) is 145 cm³/mol. The third kappa shape index (κ3) is 17.0. The van der Waals surface area contributed by atoms with E-state index in [1.54, 1.807) is 0 Å². The minimum Gasteiger partial charge on any atom is -0.726 e. The van der Waals surface area contributed by atoms with E-state index in [-0.39, 0.29) is 59.1 Å². The molecule has 0 spiro atoms. The largest absolute Gasteiger partial charge is 1.00 e. The van der Waals surface area contributed by atoms with Gasteiger partial charge in [0.25, 0.3) is 0 Å². The van der Waals surface area contributed by atoms with Crippen LogP contribution in [-0.4, -0.2) is 136 Å². The smallest absolute Gasteiger partial charge is 0.726 e. The molecule has 280 valence electrons. The van der Waals surface area contributed by atoms with Crippen molar-refractivity contribution in [3.63, 3.8) is 0 Å². The molecular weight excluding hydrogens is 764 g/mol. The van der Waals surface area contributed by atoms with Crippen LogP contribution in [0.15, 0.2) is 0 Å². The Morgan fingerprint density at radius 1 is 0.549 bits per heavy atom. The van der Waals surface area contributed by atoms with Gasteiger partial charge in [-0.25, -0.2) is 16.8 Å². The van der Waals surface area contributed by atoms with E-state index in [0.717, 1.165) is 41.5 Å². The van der Waals surface area contributed by atoms with Gasteiger partial charge in [-0.2, -0.15) is 0 Å². The standard InChI is InChI=1S/C24H35NO22S2.2Na/c1-9(26)25-17-20(41-11(3)28)18(15(7-38-48(32,33)34)45-23(17)44-14(6)31)47-24-22(43-13(5)30)21(42-12(4)29)19(40-10(2)27)16(46-24)8-39-49(35,36)37;;/h15-24H,7-8H2,1-6H3,(H,25,26)(H,32,33,34)(H,35,36,37);;/q;2*+1/p-2/t15-,16-,17-,18-,19+,20-,21+,22?,23+,24+;;/m1../s1. The second-order valence-corrected chi connectivity index (χ2v) is 12.3. The monoisotopic (exact) mass is 797 g/mol. The molecule has 1 N–H and O–H groups in total. The topological polar surface area (TPSA) is 321 Å². The SMILES string of the molecule is CC(=O)N[C@H]1[C@@H](OC(C)=O)O[C@H](COS(=O)(=O)[O-])[C@@H](O[C@@H]2O[C@H](COS(=O)(=O)[O-])[C@H](OC(C)=O)[C@H](OC(C)=O)C2OC(C)=O)[C@@H]1OC(C)=O.[Na+].[Na+]. The van der Waals surface area contributed by atoms with E-state index in [4.69, 9.17) is 37.9 Å². The van der Waals surface area contributed by atoms with Gasteiger partial charge in [-0.15, -0.1) is 0 Å². The predicted octanol–water partition coefficient (Wildman–Crippen LogP) is -9.42. The van der Waals surface area contributed by atoms with Crippen molar-refractivity contribution in [1.29, 1.82) is 0 Å². The summed E-state index contributed by atoms with van der Waals surface area (Å²) in [4.78, 5) is 72.7. The van der Waals surface area contributed by atoms with Crippen LogP contribution in [0.2, 0.25) is 0 Å². The number of hydrogen-bond donors (Lipinski definition) is 1. The molecule has 0 aromatic heterocycles. The van der Waals surface area contributed by atoms with Crippen molar-refractivity contribution in [2.75, 3.05) is 13.2 Å². The summed E-state index contributed by atoms with van der Waals surface area (Å²) in [5, 5.41) is 2.31. The van der Waals surface area contributed by atoms with E-state index in [2.05, 4.69) is 13.7 Å². The van der Waals surface area contributed by atoms with Gasteiger partial charge in [-0.05, 0) is 0 Å². The minimum atomic E-state index is -5.47. The van der Waals surface area contributed by atoms with Crippen LogP contribution in [0.3, 0.4) is 0 Å². The zero-order valence-electron chi connectivity index (χ0n) is 28.5. The van der Waals surface area contributed by atoms with Crippen LogP contribution in [0.25, 0.3) is 0 Å². The van der Waals surface area contributed by atoms with Gasteiger partial charge in [0.1, 0.15) is 24.4 Å². The third-order valence-electron chi connectivity index (χ3n) is 6.14. The molecule has 51 heavy (non-hydrogen) atoms. The molecule has 2 saturated heterocycles. The molecule has 1 amide bonds. The van der Waals surface area contributed by atoms with E-state index in [1.807, 2.05) is 0 Å². The van der Waals surface area contributed by atoms with Crippen LogP contribution in [0.5, 0.6) is 0 Å². The summed E-state index contributed by atoms with van der Waals surface area (Å²) < 4.78 is 120. The Morgan fingerprint density at radius 2 is 0.922 bits per heavy atom. The van der Waals surface area contributed by atoms with Crippen LogP contribution in [-0.2, 0) is 95.8 Å². The van der Waals surface area contributed by atoms with E-state index >= 15 is 0 Å². The molecule has 0 saturated carbocycles. The van der Waals surface area contributed by atoms with Crippen molar-refractivity contribution >= 4 is 56.6 Å². The van der Waals surface area contributed by atoms with Crippen LogP contribution in [0.4, 0.5) is 0 Å². The average molecular weight is 798 g/mol. The van der Waals surface area contributed by atoms with Gasteiger partial charge >= 0.3 is 89.0 Å². The molecule has 2 fully saturated rings. The molecule has 0 radical (unpaired) electrons. The molecule has 2 aliphatic rings. The van der Waals surface area contributed by atoms with Crippen molar-refractivity contribution in [1.82, 2.24) is 5.32 Å². The number of carbonyl (C=O) groups excluding carboxylic acids is 6. The summed E-state index contributed by atoms with van der Waals surface area (Å²) in [5.74, 6) is -6.16. The Balaban J connectivity index is 0.0000125. The van der Waals surface area contributed by atoms with E-state index < -0.39 is 131 Å². The van der Waals surface area contributed by atoms with Crippen LogP contribution >= 0.6 is 0 Å². The molecule has 2 rings (SSSR count). The summed E-state index contributed by atoms with van der Waals surface area (Å²) in [6, 6.07) is -1.66. The number of amides is 1. The van der Waals surface area contributed by atoms with E-state index in [9.17, 15) is 54.7 Å². The Kier molecular flexibility index (Phi) is 20.7. The van der Waals surface area contributed by atoms with E-state index in [1.165, 1.54) is 0 Å². The molecular formula is C24H33NNa2O22S2. The Labute approximate surface area is 335 Å². The number of hydrogen-bond acceptors (Lipinski definition) is 22. The summed E-state index contributed by atoms with van der Waals surface area (Å²) in [6.07, 6.45) is -17.4. The Bertz CT molecular complexity index is 1480. The zero-order valence-corrected chi connectivity index (χ0v) is 34.1. The molecule has 27 heteroatoms. The Hall–Kier alpha value is -1.56. The molecule has 1 unspecified atom stereocenters. The molecule has 2 heterocycles. The summed E-state index contributed by atoms with van der Waals surface area (Å²) in [6.45, 7) is 2.98. The van der Waals surface area contributed by atoms with Gasteiger partial charge in [0.2, 0.25) is 33.0 Å². The average Bonchev–Trinajstić information content (AvgIpc) is 2.90. The summed E-state index contributed by atoms with van der Waals surface area (Å²) in [7, 11) is -10.9. The number of carbonyl (C=O) groups is 6. The number of nitrogens with one attached hydrogen (secondary N) is 1. The molecule has 0 aromatic rings. The fourth-order valence-corrected chi connectivity index (χ4v) is 5.34. The van der Waals surface area contributed by atoms with Crippen molar-refractivity contribution in [2.45, 2.75) is 103 Å². The molecule has 10 atom stereocenters. The van der Waals surface area contributed by atoms with Crippen molar-refractivity contribution in [2.24, 2.45) is 0 Å². The first kappa shape index (κ1) is 49.4. The van der Waals surface area contributed by atoms with Gasteiger partial charge in [-0.3, -0.25) is 37.1 Å². The van der Waals surface area contributed by atoms with Crippen LogP contribution in [0.1, 0.15) is 41.5 Å². The van der Waals surface area contributed by atoms with Gasteiger partial charge in [0, 0.05) is 41.5 Å². The quantitative estimate of drug-likeness (QED) is 0.0560. The first-order valence-electron chi connectivity index (χ1n) is 13.8. The van der Waals surface area contributed by atoms with E-state index in [0.29, 0.717) is 0 Å². The zero-order chi connectivity index (χ0) is 37.4. The number of rotatable bonds is 14. The first-order chi connectivity index (χ1) is 22.5. The van der Waals surface area contributed by atoms with Gasteiger partial charge in [-0.1, -0.05) is 0 Å². The molecule has 0 bridgehead atoms. The maximum Gasteiger partial charge on any atom is 1.00 e. The molecule has 23 nitrogen and oxygen atoms in total. The second kappa shape index (κ2) is 21.4. The van der Waals surface area contributed by atoms with Crippen LogP contribution < -0.4 is 64.4 Å². The van der Waals surface area contributed by atoms with Gasteiger partial charge in [0.15, 0.2) is 30.7 Å². The van der Waals surface area contributed by atoms with Crippen molar-refractivity contribution < 1.29 is 160 Å². The Morgan fingerprint density at radius 3 is 1.33 bits per heavy atom. The second-order valence-electron chi connectivity index (χ2n) is 10.2. The minimum absolute atomic E-state index is 0. The molecule has 2 aliphatic heterocycles. The van der Waals surface area contributed by atoms with Gasteiger partial charge < -0.3 is 52.3 Å². The fraction of sp³-hybridized carbons (Fsp3) is 0.750. The fourth-order valence-electron chi connectivity index (χ4n) is 4.74. The number of ether oxygens (including phenoxy) is 8. The normalized spacial score (nSPS) is 29.1. The number of esters is 5. The van der Waals surface area contributed by atoms with Gasteiger partial charge in [0.05, 0.1) is 13.2 Å². The molecule has 0 aliphatic carbocycles. The maximum absolute atomic E-state index is 12.3. The van der Waals surface area contributed by atoms with Crippen molar-refractivity contribution in [3.05, 3.63) is 0 Å². The first-order valence-corrected chi connectivity index (χ1v) is 16.4. The van der Waals surface area contributed by atoms with Crippen LogP contribution in [0, 0.1) is 0 Å².